The molecule has 8 aromatic rings. The minimum absolute atomic E-state index is 0.00949. The molecule has 0 bridgehead atoms. The SMILES string of the molecule is CN1CN(c2ccnc(Oc3ccc4c5ccccc5n(-c5cc(C(C)(C)C)ccn5)c4c3)c2)c2cc3c(cc21)sc1ccccc13. The minimum Gasteiger partial charge on any atom is -0.439 e. The van der Waals surface area contributed by atoms with Gasteiger partial charge in [-0.05, 0) is 65.6 Å². The highest BCUT2D eigenvalue weighted by molar-refractivity contribution is 7.25. The van der Waals surface area contributed by atoms with Gasteiger partial charge in [-0.25, -0.2) is 9.97 Å². The number of anilines is 3. The van der Waals surface area contributed by atoms with Gasteiger partial charge in [0.1, 0.15) is 11.6 Å². The molecule has 9 rings (SSSR count). The molecule has 0 spiro atoms. The van der Waals surface area contributed by atoms with E-state index in [1.165, 1.54) is 42.5 Å². The van der Waals surface area contributed by atoms with E-state index in [2.05, 4.69) is 138 Å². The van der Waals surface area contributed by atoms with E-state index in [1.54, 1.807) is 0 Å². The first-order valence-electron chi connectivity index (χ1n) is 15.9. The van der Waals surface area contributed by atoms with E-state index in [9.17, 15) is 0 Å². The first-order chi connectivity index (χ1) is 22.8. The second-order valence-corrected chi connectivity index (χ2v) is 14.4. The summed E-state index contributed by atoms with van der Waals surface area (Å²) in [5.74, 6) is 2.17. The summed E-state index contributed by atoms with van der Waals surface area (Å²) >= 11 is 1.85. The van der Waals surface area contributed by atoms with E-state index < -0.39 is 0 Å². The highest BCUT2D eigenvalue weighted by Crippen LogP contribution is 2.46. The van der Waals surface area contributed by atoms with Gasteiger partial charge in [-0.3, -0.25) is 4.57 Å². The van der Waals surface area contributed by atoms with Gasteiger partial charge < -0.3 is 14.5 Å². The van der Waals surface area contributed by atoms with Gasteiger partial charge in [-0.15, -0.1) is 11.3 Å². The molecule has 1 aliphatic heterocycles. The Balaban J connectivity index is 1.10. The summed E-state index contributed by atoms with van der Waals surface area (Å²) in [6, 6.07) is 36.5. The van der Waals surface area contributed by atoms with Crippen molar-refractivity contribution in [3.63, 3.8) is 0 Å². The van der Waals surface area contributed by atoms with Crippen LogP contribution in [0.25, 0.3) is 47.8 Å². The molecule has 4 aromatic carbocycles. The molecule has 0 unspecified atom stereocenters. The summed E-state index contributed by atoms with van der Waals surface area (Å²) in [4.78, 5) is 14.1. The molecule has 4 aromatic heterocycles. The lowest BCUT2D eigenvalue weighted by atomic mass is 9.88. The first-order valence-corrected chi connectivity index (χ1v) is 16.7. The lowest BCUT2D eigenvalue weighted by Crippen LogP contribution is -2.23. The van der Waals surface area contributed by atoms with E-state index in [-0.39, 0.29) is 5.41 Å². The molecular formula is C40H33N5OS. The van der Waals surface area contributed by atoms with Gasteiger partial charge in [0.05, 0.1) is 29.1 Å². The van der Waals surface area contributed by atoms with Crippen molar-refractivity contribution in [2.75, 3.05) is 23.5 Å². The van der Waals surface area contributed by atoms with Crippen LogP contribution in [0.1, 0.15) is 26.3 Å². The maximum absolute atomic E-state index is 6.50. The molecule has 47 heavy (non-hydrogen) atoms. The van der Waals surface area contributed by atoms with Crippen molar-refractivity contribution in [3.8, 4) is 17.4 Å². The molecule has 0 saturated heterocycles. The van der Waals surface area contributed by atoms with Gasteiger partial charge >= 0.3 is 0 Å². The van der Waals surface area contributed by atoms with Crippen LogP contribution in [0, 0.1) is 0 Å². The van der Waals surface area contributed by atoms with E-state index >= 15 is 0 Å². The number of hydrogen-bond donors (Lipinski definition) is 0. The normalized spacial score (nSPS) is 13.4. The van der Waals surface area contributed by atoms with Gasteiger partial charge in [0.15, 0.2) is 0 Å². The van der Waals surface area contributed by atoms with Gasteiger partial charge in [0.2, 0.25) is 5.88 Å². The van der Waals surface area contributed by atoms with Crippen molar-refractivity contribution in [2.45, 2.75) is 26.2 Å². The third kappa shape index (κ3) is 4.53. The molecule has 0 N–H and O–H groups in total. The number of rotatable bonds is 4. The highest BCUT2D eigenvalue weighted by Gasteiger charge is 2.27. The number of aromatic nitrogens is 3. The van der Waals surface area contributed by atoms with Crippen LogP contribution in [0.4, 0.5) is 17.1 Å². The number of ether oxygens (including phenoxy) is 1. The van der Waals surface area contributed by atoms with Crippen LogP contribution in [0.5, 0.6) is 11.6 Å². The Kier molecular flexibility index (Phi) is 6.11. The van der Waals surface area contributed by atoms with Crippen LogP contribution < -0.4 is 14.5 Å². The van der Waals surface area contributed by atoms with E-state index in [1.807, 2.05) is 35.9 Å². The Morgan fingerprint density at radius 2 is 1.47 bits per heavy atom. The van der Waals surface area contributed by atoms with Gasteiger partial charge in [-0.2, -0.15) is 0 Å². The van der Waals surface area contributed by atoms with Crippen molar-refractivity contribution >= 4 is 70.4 Å². The van der Waals surface area contributed by atoms with Crippen LogP contribution in [0.3, 0.4) is 0 Å². The van der Waals surface area contributed by atoms with E-state index in [0.717, 1.165) is 40.3 Å². The third-order valence-corrected chi connectivity index (χ3v) is 10.4. The lowest BCUT2D eigenvalue weighted by molar-refractivity contribution is 0.463. The Morgan fingerprint density at radius 3 is 2.34 bits per heavy atom. The average Bonchev–Trinajstić information content (AvgIpc) is 3.72. The topological polar surface area (TPSA) is 46.4 Å². The zero-order valence-electron chi connectivity index (χ0n) is 26.7. The standard InChI is InChI=1S/C40H33N5OS/c1-40(2,3)25-15-17-41-38(19-25)45-32-11-7-5-9-28(32)29-14-13-27(21-33(29)45)46-39-20-26(16-18-42-39)44-24-43(4)34-23-37-31(22-35(34)44)30-10-6-8-12-36(30)47-37/h5-23H,24H2,1-4H3. The fraction of sp³-hybridized carbons (Fsp3) is 0.150. The number of benzene rings is 4. The molecular weight excluding hydrogens is 599 g/mol. The molecule has 5 heterocycles. The maximum atomic E-state index is 6.50. The third-order valence-electron chi connectivity index (χ3n) is 9.27. The molecule has 0 radical (unpaired) electrons. The van der Waals surface area contributed by atoms with Crippen LogP contribution in [-0.4, -0.2) is 28.3 Å². The Labute approximate surface area is 277 Å². The smallest absolute Gasteiger partial charge is 0.221 e. The molecule has 0 aliphatic carbocycles. The Hall–Kier alpha value is -5.40. The van der Waals surface area contributed by atoms with Crippen LogP contribution in [0.15, 0.2) is 116 Å². The number of fused-ring (bicyclic) bond motifs is 7. The summed E-state index contributed by atoms with van der Waals surface area (Å²) < 4.78 is 11.4. The second-order valence-electron chi connectivity index (χ2n) is 13.3. The average molecular weight is 632 g/mol. The molecule has 0 amide bonds. The summed E-state index contributed by atoms with van der Waals surface area (Å²) in [7, 11) is 2.15. The van der Waals surface area contributed by atoms with Crippen LogP contribution >= 0.6 is 11.3 Å². The molecule has 0 atom stereocenters. The van der Waals surface area contributed by atoms with Crippen LogP contribution in [0.2, 0.25) is 0 Å². The Bertz CT molecular complexity index is 2510. The summed E-state index contributed by atoms with van der Waals surface area (Å²) in [6.45, 7) is 7.44. The maximum Gasteiger partial charge on any atom is 0.221 e. The number of pyridine rings is 2. The second kappa shape index (κ2) is 10.3. The van der Waals surface area contributed by atoms with Gasteiger partial charge in [0.25, 0.3) is 0 Å². The first kappa shape index (κ1) is 27.9. The van der Waals surface area contributed by atoms with Crippen LogP contribution in [-0.2, 0) is 5.41 Å². The highest BCUT2D eigenvalue weighted by atomic mass is 32.1. The molecule has 6 nitrogen and oxygen atoms in total. The predicted octanol–water partition coefficient (Wildman–Crippen LogP) is 10.6. The van der Waals surface area contributed by atoms with Crippen molar-refractivity contribution in [2.24, 2.45) is 0 Å². The zero-order valence-corrected chi connectivity index (χ0v) is 27.5. The molecule has 230 valence electrons. The quantitative estimate of drug-likeness (QED) is 0.193. The summed E-state index contributed by atoms with van der Waals surface area (Å²) in [5.41, 5.74) is 6.86. The number of thiophene rings is 1. The van der Waals surface area contributed by atoms with Crippen molar-refractivity contribution in [3.05, 3.63) is 121 Å². The monoisotopic (exact) mass is 631 g/mol. The lowest BCUT2D eigenvalue weighted by Gasteiger charge is -2.20. The fourth-order valence-electron chi connectivity index (χ4n) is 6.87. The molecule has 1 aliphatic rings. The summed E-state index contributed by atoms with van der Waals surface area (Å²) in [5, 5.41) is 4.93. The largest absolute Gasteiger partial charge is 0.439 e. The number of hydrogen-bond acceptors (Lipinski definition) is 6. The van der Waals surface area contributed by atoms with Crippen molar-refractivity contribution in [1.29, 1.82) is 0 Å². The molecule has 0 fully saturated rings. The van der Waals surface area contributed by atoms with Crippen molar-refractivity contribution in [1.82, 2.24) is 14.5 Å². The summed E-state index contributed by atoms with van der Waals surface area (Å²) in [6.07, 6.45) is 3.74. The van der Waals surface area contributed by atoms with E-state index in [4.69, 9.17) is 9.72 Å². The fourth-order valence-corrected chi connectivity index (χ4v) is 7.99. The predicted molar refractivity (Wildman–Crippen MR) is 196 cm³/mol. The molecule has 7 heteroatoms. The van der Waals surface area contributed by atoms with Crippen molar-refractivity contribution < 1.29 is 4.74 Å². The minimum atomic E-state index is 0.00949. The van der Waals surface area contributed by atoms with Gasteiger partial charge in [-0.1, -0.05) is 57.2 Å². The van der Waals surface area contributed by atoms with Gasteiger partial charge in [0, 0.05) is 68.2 Å². The number of nitrogens with zero attached hydrogens (tertiary/aromatic N) is 5. The molecule has 0 saturated carbocycles. The number of para-hydroxylation sites is 1. The zero-order chi connectivity index (χ0) is 31.9. The van der Waals surface area contributed by atoms with E-state index in [0.29, 0.717) is 5.88 Å². The Morgan fingerprint density at radius 1 is 0.681 bits per heavy atom.